The molecule has 0 fully saturated rings. The number of nitriles is 1. The Morgan fingerprint density at radius 2 is 1.93 bits per heavy atom. The van der Waals surface area contributed by atoms with Crippen molar-refractivity contribution in [2.75, 3.05) is 11.4 Å². The molecule has 27 heavy (non-hydrogen) atoms. The van der Waals surface area contributed by atoms with Crippen LogP contribution in [0.3, 0.4) is 0 Å². The summed E-state index contributed by atoms with van der Waals surface area (Å²) in [5.41, 5.74) is 2.38. The van der Waals surface area contributed by atoms with Gasteiger partial charge in [0.05, 0.1) is 33.1 Å². The number of nitro groups is 2. The average molecular weight is 362 g/mol. The Bertz CT molecular complexity index is 1050. The predicted octanol–water partition coefficient (Wildman–Crippen LogP) is 4.27. The van der Waals surface area contributed by atoms with Crippen LogP contribution in [-0.2, 0) is 0 Å². The topological polar surface area (TPSA) is 113 Å². The number of hydrogen-bond donors (Lipinski definition) is 0. The van der Waals surface area contributed by atoms with Gasteiger partial charge in [0, 0.05) is 30.1 Å². The minimum atomic E-state index is -0.669. The third-order valence-electron chi connectivity index (χ3n) is 4.25. The molecular weight excluding hydrogens is 348 g/mol. The molecule has 2 aromatic carbocycles. The van der Waals surface area contributed by atoms with E-state index in [1.165, 1.54) is 12.1 Å². The second-order valence-corrected chi connectivity index (χ2v) is 5.80. The molecule has 1 aliphatic rings. The quantitative estimate of drug-likeness (QED) is 0.593. The molecule has 0 spiro atoms. The minimum Gasteiger partial charge on any atom is -0.348 e. The molecule has 1 heterocycles. The maximum atomic E-state index is 11.4. The zero-order valence-corrected chi connectivity index (χ0v) is 14.3. The van der Waals surface area contributed by atoms with Crippen molar-refractivity contribution in [3.63, 3.8) is 0 Å². The van der Waals surface area contributed by atoms with Gasteiger partial charge in [-0.15, -0.1) is 0 Å². The third kappa shape index (κ3) is 3.39. The van der Waals surface area contributed by atoms with Crippen molar-refractivity contribution in [1.82, 2.24) is 0 Å². The summed E-state index contributed by atoms with van der Waals surface area (Å²) in [5.74, 6) is 0. The highest BCUT2D eigenvalue weighted by molar-refractivity contribution is 5.96. The second-order valence-electron chi connectivity index (χ2n) is 5.80. The van der Waals surface area contributed by atoms with Crippen molar-refractivity contribution in [2.24, 2.45) is 0 Å². The zero-order chi connectivity index (χ0) is 19.6. The van der Waals surface area contributed by atoms with Gasteiger partial charge in [-0.05, 0) is 48.9 Å². The molecule has 0 bridgehead atoms. The Hall–Kier alpha value is -3.99. The minimum absolute atomic E-state index is 0.253. The van der Waals surface area contributed by atoms with E-state index in [1.54, 1.807) is 24.3 Å². The Kier molecular flexibility index (Phi) is 4.68. The highest BCUT2D eigenvalue weighted by Gasteiger charge is 2.21. The monoisotopic (exact) mass is 362 g/mol. The van der Waals surface area contributed by atoms with Crippen molar-refractivity contribution in [3.05, 3.63) is 85.6 Å². The molecule has 8 nitrogen and oxygen atoms in total. The molecule has 0 aromatic heterocycles. The van der Waals surface area contributed by atoms with Gasteiger partial charge in [-0.25, -0.2) is 0 Å². The number of allylic oxidation sites excluding steroid dienone is 2. The van der Waals surface area contributed by atoms with E-state index in [2.05, 4.69) is 6.07 Å². The van der Waals surface area contributed by atoms with Gasteiger partial charge in [0.15, 0.2) is 0 Å². The van der Waals surface area contributed by atoms with Gasteiger partial charge in [0.25, 0.3) is 11.4 Å². The van der Waals surface area contributed by atoms with E-state index in [4.69, 9.17) is 0 Å². The van der Waals surface area contributed by atoms with Crippen LogP contribution in [0.1, 0.15) is 23.6 Å². The van der Waals surface area contributed by atoms with E-state index < -0.39 is 9.85 Å². The number of rotatable bonds is 4. The van der Waals surface area contributed by atoms with E-state index in [-0.39, 0.29) is 16.9 Å². The highest BCUT2D eigenvalue weighted by atomic mass is 16.6. The van der Waals surface area contributed by atoms with Gasteiger partial charge >= 0.3 is 0 Å². The number of nitrogens with zero attached hydrogens (tertiary/aromatic N) is 4. The molecule has 0 unspecified atom stereocenters. The summed E-state index contributed by atoms with van der Waals surface area (Å²) in [6.07, 6.45) is 5.26. The number of fused-ring (bicyclic) bond motifs is 1. The Labute approximate surface area is 154 Å². The Balaban J connectivity index is 2.17. The number of non-ortho nitro benzene ring substituents is 1. The summed E-state index contributed by atoms with van der Waals surface area (Å²) >= 11 is 0. The van der Waals surface area contributed by atoms with E-state index in [0.717, 1.165) is 23.9 Å². The van der Waals surface area contributed by atoms with Crippen LogP contribution in [0, 0.1) is 31.6 Å². The van der Waals surface area contributed by atoms with Crippen LogP contribution in [0.25, 0.3) is 11.6 Å². The normalized spacial score (nSPS) is 13.9. The number of anilines is 1. The average Bonchev–Trinajstić information content (AvgIpc) is 2.67. The molecule has 0 aliphatic carbocycles. The van der Waals surface area contributed by atoms with Crippen LogP contribution in [-0.4, -0.2) is 16.4 Å². The Morgan fingerprint density at radius 1 is 1.15 bits per heavy atom. The summed E-state index contributed by atoms with van der Waals surface area (Å²) in [6.45, 7) is 2.71. The van der Waals surface area contributed by atoms with Gasteiger partial charge in [-0.1, -0.05) is 0 Å². The van der Waals surface area contributed by atoms with E-state index in [9.17, 15) is 25.5 Å². The maximum Gasteiger partial charge on any atom is 0.283 e. The highest BCUT2D eigenvalue weighted by Crippen LogP contribution is 2.36. The van der Waals surface area contributed by atoms with Gasteiger partial charge in [0.2, 0.25) is 0 Å². The van der Waals surface area contributed by atoms with Crippen molar-refractivity contribution >= 4 is 28.7 Å². The number of nitro benzene ring substituents is 2. The molecule has 8 heteroatoms. The lowest BCUT2D eigenvalue weighted by atomic mass is 9.95. The molecular formula is C19H14N4O4. The summed E-state index contributed by atoms with van der Waals surface area (Å²) in [5, 5.41) is 31.5. The number of hydrogen-bond acceptors (Lipinski definition) is 6. The lowest BCUT2D eigenvalue weighted by Gasteiger charge is -2.26. The maximum absolute atomic E-state index is 11.4. The lowest BCUT2D eigenvalue weighted by Crippen LogP contribution is -2.19. The van der Waals surface area contributed by atoms with Crippen LogP contribution in [0.4, 0.5) is 17.1 Å². The third-order valence-corrected chi connectivity index (χ3v) is 4.25. The van der Waals surface area contributed by atoms with Crippen LogP contribution in [0.15, 0.2) is 48.7 Å². The first-order chi connectivity index (χ1) is 12.9. The summed E-state index contributed by atoms with van der Waals surface area (Å²) < 4.78 is 0. The predicted molar refractivity (Wildman–Crippen MR) is 101 cm³/mol. The van der Waals surface area contributed by atoms with Crippen LogP contribution in [0.5, 0.6) is 0 Å². The zero-order valence-electron chi connectivity index (χ0n) is 14.3. The van der Waals surface area contributed by atoms with Crippen LogP contribution < -0.4 is 4.90 Å². The lowest BCUT2D eigenvalue weighted by molar-refractivity contribution is -0.394. The van der Waals surface area contributed by atoms with Crippen molar-refractivity contribution in [3.8, 4) is 6.07 Å². The van der Waals surface area contributed by atoms with Crippen LogP contribution >= 0.6 is 0 Å². The SMILES string of the molecule is CCN1C=CC(=Cc2ccc([N+](=O)[O-])cc2[N+](=O)[O-])c2cc(C#N)ccc21. The molecule has 0 atom stereocenters. The van der Waals surface area contributed by atoms with Crippen molar-refractivity contribution in [1.29, 1.82) is 5.26 Å². The first kappa shape index (κ1) is 17.8. The Morgan fingerprint density at radius 3 is 2.56 bits per heavy atom. The molecule has 3 rings (SSSR count). The first-order valence-corrected chi connectivity index (χ1v) is 8.08. The molecule has 0 saturated carbocycles. The fraction of sp³-hybridized carbons (Fsp3) is 0.105. The summed E-state index contributed by atoms with van der Waals surface area (Å²) in [4.78, 5) is 23.0. The molecule has 1 aliphatic heterocycles. The summed E-state index contributed by atoms with van der Waals surface area (Å²) in [7, 11) is 0. The second kappa shape index (κ2) is 7.09. The van der Waals surface area contributed by atoms with E-state index >= 15 is 0 Å². The first-order valence-electron chi connectivity index (χ1n) is 8.08. The van der Waals surface area contributed by atoms with Crippen molar-refractivity contribution in [2.45, 2.75) is 6.92 Å². The number of benzene rings is 2. The standard InChI is InChI=1S/C19H14N4O4/c1-2-21-8-7-14(17-9-13(12-20)3-6-18(17)21)10-15-4-5-16(22(24)25)11-19(15)23(26)27/h3-11H,2H2,1H3. The molecule has 0 N–H and O–H groups in total. The van der Waals surface area contributed by atoms with Gasteiger partial charge in [-0.2, -0.15) is 5.26 Å². The summed E-state index contributed by atoms with van der Waals surface area (Å²) in [6, 6.07) is 10.9. The van der Waals surface area contributed by atoms with E-state index in [0.29, 0.717) is 11.1 Å². The molecule has 134 valence electrons. The fourth-order valence-electron chi connectivity index (χ4n) is 2.92. The largest absolute Gasteiger partial charge is 0.348 e. The van der Waals surface area contributed by atoms with Gasteiger partial charge < -0.3 is 4.90 Å². The fourth-order valence-corrected chi connectivity index (χ4v) is 2.92. The molecule has 0 amide bonds. The molecule has 0 radical (unpaired) electrons. The molecule has 2 aromatic rings. The van der Waals surface area contributed by atoms with Crippen molar-refractivity contribution < 1.29 is 9.85 Å². The van der Waals surface area contributed by atoms with E-state index in [1.807, 2.05) is 24.1 Å². The van der Waals surface area contributed by atoms with Gasteiger partial charge in [0.1, 0.15) is 0 Å². The van der Waals surface area contributed by atoms with Crippen LogP contribution in [0.2, 0.25) is 0 Å². The smallest absolute Gasteiger partial charge is 0.283 e. The van der Waals surface area contributed by atoms with Gasteiger partial charge in [-0.3, -0.25) is 20.2 Å². The molecule has 0 saturated heterocycles.